The van der Waals surface area contributed by atoms with E-state index in [4.69, 9.17) is 9.47 Å². The molecule has 2 N–H and O–H groups in total. The molecular weight excluding hydrogens is 682 g/mol. The number of ether oxygens (including phenoxy) is 2. The van der Waals surface area contributed by atoms with E-state index in [0.29, 0.717) is 36.6 Å². The minimum Gasteiger partial charge on any atom is -0.447 e. The molecule has 2 fully saturated rings. The maximum absolute atomic E-state index is 14.8. The zero-order valence-corrected chi connectivity index (χ0v) is 29.4. The number of anilines is 2. The Morgan fingerprint density at radius 1 is 1.06 bits per heavy atom. The quantitative estimate of drug-likeness (QED) is 0.278. The van der Waals surface area contributed by atoms with Gasteiger partial charge in [-0.2, -0.15) is 0 Å². The van der Waals surface area contributed by atoms with Crippen LogP contribution in [0.4, 0.5) is 16.2 Å². The lowest BCUT2D eigenvalue weighted by atomic mass is 9.82. The van der Waals surface area contributed by atoms with Gasteiger partial charge in [-0.25, -0.2) is 4.79 Å². The van der Waals surface area contributed by atoms with Gasteiger partial charge < -0.3 is 29.2 Å². The zero-order valence-electron chi connectivity index (χ0n) is 26.8. The van der Waals surface area contributed by atoms with Crippen LogP contribution in [0, 0.1) is 5.92 Å². The normalized spacial score (nSPS) is 23.8. The first kappa shape index (κ1) is 33.4. The third kappa shape index (κ3) is 6.25. The van der Waals surface area contributed by atoms with Crippen LogP contribution in [-0.2, 0) is 37.8 Å². The van der Waals surface area contributed by atoms with Gasteiger partial charge in [0.05, 0.1) is 37.9 Å². The maximum atomic E-state index is 14.8. The van der Waals surface area contributed by atoms with Crippen LogP contribution in [0.3, 0.4) is 0 Å². The second kappa shape index (κ2) is 13.2. The second-order valence-electron chi connectivity index (χ2n) is 13.1. The summed E-state index contributed by atoms with van der Waals surface area (Å²) in [6.07, 6.45) is -1.16. The molecule has 0 aliphatic carbocycles. The highest BCUT2D eigenvalue weighted by molar-refractivity contribution is 9.10. The number of carbonyl (C=O) groups excluding carboxylic acids is 3. The molecule has 3 aliphatic rings. The number of cyclic esters (lactones) is 1. The molecule has 3 amide bonds. The van der Waals surface area contributed by atoms with E-state index < -0.39 is 37.6 Å². The number of amides is 3. The van der Waals surface area contributed by atoms with Crippen molar-refractivity contribution in [3.05, 3.63) is 94.0 Å². The number of benzene rings is 3. The Morgan fingerprint density at radius 3 is 2.49 bits per heavy atom. The van der Waals surface area contributed by atoms with Gasteiger partial charge in [0.25, 0.3) is 5.91 Å². The number of fused-ring (bicyclic) bond motifs is 2. The molecule has 0 aromatic heterocycles. The number of hydrogen-bond donors (Lipinski definition) is 2. The molecule has 6 rings (SSSR count). The molecule has 3 aromatic carbocycles. The standard InChI is InChI=1S/C35H40BrN3O7Si/c1-23-32(47(2,3)44)30(20-31(41)37(14-16-40)21-24-8-5-4-6-9-24)46-35(23)28-19-26(36)12-13-29(28)39(33(35)42)22-25-10-7-11-27(18-25)38-15-17-45-34(38)43/h4-13,18-19,23,30,32,40,44H,14-17,20-22H2,1-3H3/t23-,30+,32-,35+/m1/s1. The van der Waals surface area contributed by atoms with E-state index in [0.717, 1.165) is 15.6 Å². The van der Waals surface area contributed by atoms with Crippen LogP contribution in [0.1, 0.15) is 30.0 Å². The molecule has 248 valence electrons. The van der Waals surface area contributed by atoms with Crippen molar-refractivity contribution < 1.29 is 33.8 Å². The van der Waals surface area contributed by atoms with Gasteiger partial charge in [-0.05, 0) is 54.6 Å². The highest BCUT2D eigenvalue weighted by atomic mass is 79.9. The van der Waals surface area contributed by atoms with Crippen LogP contribution in [0.15, 0.2) is 77.3 Å². The summed E-state index contributed by atoms with van der Waals surface area (Å²) in [4.78, 5) is 57.4. The molecule has 10 nitrogen and oxygen atoms in total. The first-order valence-corrected chi connectivity index (χ1v) is 19.7. The highest BCUT2D eigenvalue weighted by Crippen LogP contribution is 2.60. The van der Waals surface area contributed by atoms with Gasteiger partial charge in [-0.3, -0.25) is 14.5 Å². The van der Waals surface area contributed by atoms with E-state index in [2.05, 4.69) is 15.9 Å². The van der Waals surface area contributed by atoms with E-state index in [1.54, 1.807) is 14.7 Å². The SMILES string of the molecule is C[C@@H]1[C@@H]([Si](C)(C)O)[C@H](CC(=O)N(CCO)Cc2ccccc2)O[C@@]12C(=O)N(Cc1cccc(N3CCOC3=O)c1)c1ccc(Br)cc12. The fourth-order valence-corrected chi connectivity index (χ4v) is 10.5. The molecule has 0 saturated carbocycles. The third-order valence-electron chi connectivity index (χ3n) is 9.58. The summed E-state index contributed by atoms with van der Waals surface area (Å²) >= 11 is 3.59. The number of nitrogens with zero attached hydrogens (tertiary/aromatic N) is 3. The predicted molar refractivity (Wildman–Crippen MR) is 183 cm³/mol. The first-order chi connectivity index (χ1) is 22.4. The summed E-state index contributed by atoms with van der Waals surface area (Å²) in [5.41, 5.74) is 2.00. The van der Waals surface area contributed by atoms with Crippen molar-refractivity contribution in [2.24, 2.45) is 5.92 Å². The molecule has 3 heterocycles. The lowest BCUT2D eigenvalue weighted by Gasteiger charge is -2.32. The van der Waals surface area contributed by atoms with Gasteiger partial charge in [0, 0.05) is 40.3 Å². The molecule has 1 spiro atoms. The molecule has 3 aromatic rings. The molecule has 2 saturated heterocycles. The van der Waals surface area contributed by atoms with Crippen LogP contribution in [0.5, 0.6) is 0 Å². The molecule has 0 radical (unpaired) electrons. The van der Waals surface area contributed by atoms with E-state index in [-0.39, 0.29) is 37.9 Å². The van der Waals surface area contributed by atoms with Crippen LogP contribution in [0.2, 0.25) is 18.6 Å². The van der Waals surface area contributed by atoms with E-state index in [9.17, 15) is 24.3 Å². The third-order valence-corrected chi connectivity index (χ3v) is 12.6. The van der Waals surface area contributed by atoms with Crippen molar-refractivity contribution in [3.63, 3.8) is 0 Å². The van der Waals surface area contributed by atoms with Crippen LogP contribution in [0.25, 0.3) is 0 Å². The zero-order chi connectivity index (χ0) is 33.5. The maximum Gasteiger partial charge on any atom is 0.414 e. The van der Waals surface area contributed by atoms with Crippen LogP contribution >= 0.6 is 15.9 Å². The number of carbonyl (C=O) groups is 3. The smallest absolute Gasteiger partial charge is 0.414 e. The van der Waals surface area contributed by atoms with Crippen molar-refractivity contribution in [2.75, 3.05) is 36.1 Å². The summed E-state index contributed by atoms with van der Waals surface area (Å²) in [5.74, 6) is -0.906. The summed E-state index contributed by atoms with van der Waals surface area (Å²) < 4.78 is 12.8. The highest BCUT2D eigenvalue weighted by Gasteiger charge is 2.66. The fraction of sp³-hybridized carbons (Fsp3) is 0.400. The minimum atomic E-state index is -3.00. The van der Waals surface area contributed by atoms with Crippen molar-refractivity contribution in [3.8, 4) is 0 Å². The van der Waals surface area contributed by atoms with Gasteiger partial charge in [0.15, 0.2) is 13.9 Å². The van der Waals surface area contributed by atoms with Crippen LogP contribution < -0.4 is 9.80 Å². The summed E-state index contributed by atoms with van der Waals surface area (Å²) in [6, 6.07) is 22.8. The monoisotopic (exact) mass is 721 g/mol. The Labute approximate surface area is 284 Å². The lowest BCUT2D eigenvalue weighted by Crippen LogP contribution is -2.46. The second-order valence-corrected chi connectivity index (χ2v) is 18.0. The molecule has 0 unspecified atom stereocenters. The van der Waals surface area contributed by atoms with Crippen molar-refractivity contribution in [1.29, 1.82) is 0 Å². The van der Waals surface area contributed by atoms with Crippen molar-refractivity contribution in [2.45, 2.75) is 56.8 Å². The average molecular weight is 723 g/mol. The van der Waals surface area contributed by atoms with Crippen LogP contribution in [-0.4, -0.2) is 73.4 Å². The number of aliphatic hydroxyl groups excluding tert-OH is 1. The van der Waals surface area contributed by atoms with E-state index >= 15 is 0 Å². The summed E-state index contributed by atoms with van der Waals surface area (Å²) in [6.45, 7) is 6.92. The topological polar surface area (TPSA) is 120 Å². The molecule has 12 heteroatoms. The Hall–Kier alpha value is -3.55. The molecule has 0 bridgehead atoms. The van der Waals surface area contributed by atoms with Crippen molar-refractivity contribution >= 4 is 53.5 Å². The number of aliphatic hydroxyl groups is 1. The Kier molecular flexibility index (Phi) is 9.34. The minimum absolute atomic E-state index is 0.0365. The number of halogens is 1. The van der Waals surface area contributed by atoms with Gasteiger partial charge in [0.1, 0.15) is 6.61 Å². The van der Waals surface area contributed by atoms with Crippen molar-refractivity contribution in [1.82, 2.24) is 4.90 Å². The van der Waals surface area contributed by atoms with Gasteiger partial charge in [-0.1, -0.05) is 65.3 Å². The van der Waals surface area contributed by atoms with E-state index in [1.165, 1.54) is 0 Å². The van der Waals surface area contributed by atoms with Gasteiger partial charge in [0.2, 0.25) is 5.91 Å². The van der Waals surface area contributed by atoms with Gasteiger partial charge in [-0.15, -0.1) is 0 Å². The Bertz CT molecular complexity index is 1670. The molecular formula is C35H40BrN3O7Si. The number of rotatable bonds is 10. The molecule has 47 heavy (non-hydrogen) atoms. The predicted octanol–water partition coefficient (Wildman–Crippen LogP) is 5.16. The number of hydrogen-bond acceptors (Lipinski definition) is 7. The largest absolute Gasteiger partial charge is 0.447 e. The summed E-state index contributed by atoms with van der Waals surface area (Å²) in [5, 5.41) is 9.79. The first-order valence-electron chi connectivity index (χ1n) is 15.9. The Morgan fingerprint density at radius 2 is 1.81 bits per heavy atom. The average Bonchev–Trinajstić information content (AvgIpc) is 3.66. The fourth-order valence-electron chi connectivity index (χ4n) is 7.56. The Balaban J connectivity index is 1.33. The van der Waals surface area contributed by atoms with Gasteiger partial charge >= 0.3 is 6.09 Å². The molecule has 4 atom stereocenters. The molecule has 3 aliphatic heterocycles. The summed E-state index contributed by atoms with van der Waals surface area (Å²) in [7, 11) is -3.00. The van der Waals surface area contributed by atoms with E-state index in [1.807, 2.05) is 92.8 Å². The lowest BCUT2D eigenvalue weighted by molar-refractivity contribution is -0.150.